The first-order valence-electron chi connectivity index (χ1n) is 4.05. The van der Waals surface area contributed by atoms with E-state index in [9.17, 15) is 0 Å². The normalized spacial score (nSPS) is 10.9. The van der Waals surface area contributed by atoms with Crippen LogP contribution in [0.2, 0.25) is 0 Å². The van der Waals surface area contributed by atoms with Gasteiger partial charge in [0.25, 0.3) is 0 Å². The average molecular weight is 212 g/mol. The van der Waals surface area contributed by atoms with Crippen molar-refractivity contribution in [3.05, 3.63) is 28.6 Å². The lowest BCUT2D eigenvalue weighted by Gasteiger charge is -1.99. The summed E-state index contributed by atoms with van der Waals surface area (Å²) in [7, 11) is 0. The molecule has 2 rings (SSSR count). The van der Waals surface area contributed by atoms with Crippen LogP contribution in [0.5, 0.6) is 0 Å². The Morgan fingerprint density at radius 2 is 2.15 bits per heavy atom. The minimum atomic E-state index is 0.523. The summed E-state index contributed by atoms with van der Waals surface area (Å²) < 4.78 is 1.17. The average Bonchev–Trinajstić information content (AvgIpc) is 2.46. The molecule has 0 bridgehead atoms. The summed E-state index contributed by atoms with van der Waals surface area (Å²) in [6.45, 7) is 2.09. The van der Waals surface area contributed by atoms with Crippen LogP contribution in [0.3, 0.4) is 0 Å². The lowest BCUT2D eigenvalue weighted by molar-refractivity contribution is 1.43. The summed E-state index contributed by atoms with van der Waals surface area (Å²) in [6, 6.07) is 6.19. The third-order valence-electron chi connectivity index (χ3n) is 1.98. The number of alkyl halides is 1. The van der Waals surface area contributed by atoms with Gasteiger partial charge in [0.1, 0.15) is 0 Å². The van der Waals surface area contributed by atoms with Gasteiger partial charge in [-0.05, 0) is 36.1 Å². The molecule has 2 aromatic rings. The highest BCUT2D eigenvalue weighted by molar-refractivity contribution is 7.19. The highest BCUT2D eigenvalue weighted by atomic mass is 35.5. The van der Waals surface area contributed by atoms with E-state index in [2.05, 4.69) is 19.1 Å². The second-order valence-corrected chi connectivity index (χ2v) is 4.62. The Morgan fingerprint density at radius 3 is 2.85 bits per heavy atom. The molecule has 3 heteroatoms. The van der Waals surface area contributed by atoms with Crippen LogP contribution in [0, 0.1) is 6.92 Å². The third kappa shape index (κ3) is 1.52. The van der Waals surface area contributed by atoms with Crippen LogP contribution in [-0.4, -0.2) is 0 Å². The molecule has 0 radical (unpaired) electrons. The molecule has 0 saturated heterocycles. The van der Waals surface area contributed by atoms with E-state index in [1.165, 1.54) is 15.0 Å². The van der Waals surface area contributed by atoms with Crippen LogP contribution in [0.4, 0.5) is 5.69 Å². The fraction of sp³-hybridized carbons (Fsp3) is 0.200. The van der Waals surface area contributed by atoms with Crippen molar-refractivity contribution >= 4 is 38.7 Å². The minimum Gasteiger partial charge on any atom is -0.398 e. The Kier molecular flexibility index (Phi) is 2.18. The van der Waals surface area contributed by atoms with E-state index in [4.69, 9.17) is 17.3 Å². The molecule has 1 aromatic heterocycles. The van der Waals surface area contributed by atoms with E-state index in [1.54, 1.807) is 11.3 Å². The molecule has 0 unspecified atom stereocenters. The number of nitrogen functional groups attached to an aromatic ring is 1. The molecule has 1 heterocycles. The Balaban J connectivity index is 2.75. The van der Waals surface area contributed by atoms with Gasteiger partial charge in [-0.15, -0.1) is 22.9 Å². The van der Waals surface area contributed by atoms with Crippen molar-refractivity contribution in [1.29, 1.82) is 0 Å². The molecule has 0 amide bonds. The summed E-state index contributed by atoms with van der Waals surface area (Å²) in [5.41, 5.74) is 7.82. The molecule has 0 aliphatic carbocycles. The maximum Gasteiger partial charge on any atom is 0.0575 e. The Hall–Kier alpha value is -0.730. The highest BCUT2D eigenvalue weighted by Crippen LogP contribution is 2.31. The van der Waals surface area contributed by atoms with Crippen molar-refractivity contribution in [2.24, 2.45) is 0 Å². The fourth-order valence-electron chi connectivity index (χ4n) is 1.45. The number of hydrogen-bond acceptors (Lipinski definition) is 2. The number of rotatable bonds is 1. The molecular formula is C10H10ClNS. The molecule has 2 N–H and O–H groups in total. The number of hydrogen-bond donors (Lipinski definition) is 1. The van der Waals surface area contributed by atoms with Crippen LogP contribution in [0.15, 0.2) is 18.2 Å². The van der Waals surface area contributed by atoms with Crippen molar-refractivity contribution in [1.82, 2.24) is 0 Å². The fourth-order valence-corrected chi connectivity index (χ4v) is 2.53. The van der Waals surface area contributed by atoms with E-state index in [-0.39, 0.29) is 0 Å². The summed E-state index contributed by atoms with van der Waals surface area (Å²) in [5, 5.41) is 1.21. The van der Waals surface area contributed by atoms with Crippen LogP contribution >= 0.6 is 22.9 Å². The molecule has 1 nitrogen and oxygen atoms in total. The summed E-state index contributed by atoms with van der Waals surface area (Å²) in [4.78, 5) is 1.29. The van der Waals surface area contributed by atoms with Gasteiger partial charge >= 0.3 is 0 Å². The van der Waals surface area contributed by atoms with Crippen LogP contribution in [-0.2, 0) is 5.88 Å². The Bertz CT molecular complexity index is 447. The van der Waals surface area contributed by atoms with Gasteiger partial charge in [-0.1, -0.05) is 0 Å². The molecule has 1 aromatic carbocycles. The zero-order valence-electron chi connectivity index (χ0n) is 7.30. The van der Waals surface area contributed by atoms with E-state index in [1.807, 2.05) is 6.07 Å². The zero-order valence-corrected chi connectivity index (χ0v) is 8.88. The van der Waals surface area contributed by atoms with E-state index in [0.29, 0.717) is 5.88 Å². The molecular weight excluding hydrogens is 202 g/mol. The topological polar surface area (TPSA) is 26.0 Å². The summed E-state index contributed by atoms with van der Waals surface area (Å²) in [6.07, 6.45) is 0. The number of halogens is 1. The maximum absolute atomic E-state index is 5.90. The largest absolute Gasteiger partial charge is 0.398 e. The van der Waals surface area contributed by atoms with Gasteiger partial charge in [0.05, 0.1) is 4.70 Å². The second-order valence-electron chi connectivity index (χ2n) is 3.09. The molecule has 68 valence electrons. The Labute approximate surface area is 86.1 Å². The smallest absolute Gasteiger partial charge is 0.0575 e. The van der Waals surface area contributed by atoms with Gasteiger partial charge < -0.3 is 5.73 Å². The van der Waals surface area contributed by atoms with Crippen molar-refractivity contribution < 1.29 is 0 Å². The maximum atomic E-state index is 5.90. The lowest BCUT2D eigenvalue weighted by atomic mass is 10.1. The molecule has 0 atom stereocenters. The monoisotopic (exact) mass is 211 g/mol. The van der Waals surface area contributed by atoms with Gasteiger partial charge in [-0.3, -0.25) is 0 Å². The van der Waals surface area contributed by atoms with Crippen molar-refractivity contribution in [2.45, 2.75) is 12.8 Å². The van der Waals surface area contributed by atoms with Crippen LogP contribution in [0.1, 0.15) is 10.4 Å². The van der Waals surface area contributed by atoms with Gasteiger partial charge in [0, 0.05) is 16.4 Å². The Morgan fingerprint density at radius 1 is 1.38 bits per heavy atom. The number of fused-ring (bicyclic) bond motifs is 1. The number of nitrogens with two attached hydrogens (primary N) is 1. The molecule has 0 aliphatic heterocycles. The highest BCUT2D eigenvalue weighted by Gasteiger charge is 2.03. The zero-order chi connectivity index (χ0) is 9.42. The molecule has 0 saturated carbocycles. The molecule has 0 fully saturated rings. The van der Waals surface area contributed by atoms with Crippen molar-refractivity contribution in [2.75, 3.05) is 5.73 Å². The molecule has 0 spiro atoms. The van der Waals surface area contributed by atoms with E-state index >= 15 is 0 Å². The number of benzene rings is 1. The first-order valence-corrected chi connectivity index (χ1v) is 5.40. The number of aryl methyl sites for hydroxylation is 1. The number of thiophene rings is 1. The SMILES string of the molecule is Cc1cc2cc(CCl)cc(N)c2s1. The first kappa shape index (κ1) is 8.85. The first-order chi connectivity index (χ1) is 6.20. The predicted octanol–water partition coefficient (Wildman–Crippen LogP) is 3.53. The van der Waals surface area contributed by atoms with Crippen LogP contribution in [0.25, 0.3) is 10.1 Å². The van der Waals surface area contributed by atoms with Crippen molar-refractivity contribution in [3.8, 4) is 0 Å². The second kappa shape index (κ2) is 3.20. The number of anilines is 1. The lowest BCUT2D eigenvalue weighted by Crippen LogP contribution is -1.86. The van der Waals surface area contributed by atoms with E-state index in [0.717, 1.165) is 11.3 Å². The van der Waals surface area contributed by atoms with Crippen molar-refractivity contribution in [3.63, 3.8) is 0 Å². The summed E-state index contributed by atoms with van der Waals surface area (Å²) >= 11 is 7.48. The predicted molar refractivity (Wildman–Crippen MR) is 60.5 cm³/mol. The quantitative estimate of drug-likeness (QED) is 0.567. The van der Waals surface area contributed by atoms with Gasteiger partial charge in [-0.2, -0.15) is 0 Å². The molecule has 13 heavy (non-hydrogen) atoms. The van der Waals surface area contributed by atoms with E-state index < -0.39 is 0 Å². The molecule has 0 aliphatic rings. The van der Waals surface area contributed by atoms with Gasteiger partial charge in [-0.25, -0.2) is 0 Å². The minimum absolute atomic E-state index is 0.523. The van der Waals surface area contributed by atoms with Gasteiger partial charge in [0.15, 0.2) is 0 Å². The summed E-state index contributed by atoms with van der Waals surface area (Å²) in [5.74, 6) is 0.523. The van der Waals surface area contributed by atoms with Gasteiger partial charge in [0.2, 0.25) is 0 Å². The standard InChI is InChI=1S/C10H10ClNS/c1-6-2-8-3-7(5-11)4-9(12)10(8)13-6/h2-4H,5,12H2,1H3. The van der Waals surface area contributed by atoms with Crippen LogP contribution < -0.4 is 5.73 Å². The third-order valence-corrected chi connectivity index (χ3v) is 3.41.